The van der Waals surface area contributed by atoms with E-state index in [1.807, 2.05) is 48.1 Å². The smallest absolute Gasteiger partial charge is 0.128 e. The number of nitrogens with zero attached hydrogens (tertiary/aromatic N) is 2. The zero-order chi connectivity index (χ0) is 12.5. The molecule has 1 heterocycles. The number of benzene rings is 2. The summed E-state index contributed by atoms with van der Waals surface area (Å²) in [6.07, 6.45) is 0. The van der Waals surface area contributed by atoms with Gasteiger partial charge >= 0.3 is 0 Å². The molecule has 0 aliphatic carbocycles. The highest BCUT2D eigenvalue weighted by atomic mass is 16.5. The van der Waals surface area contributed by atoms with Crippen LogP contribution in [-0.2, 0) is 7.05 Å². The Kier molecular flexibility index (Phi) is 2.52. The Morgan fingerprint density at radius 1 is 1.00 bits per heavy atom. The van der Waals surface area contributed by atoms with E-state index in [2.05, 4.69) is 17.2 Å². The van der Waals surface area contributed by atoms with E-state index < -0.39 is 0 Å². The average Bonchev–Trinajstić information content (AvgIpc) is 2.77. The SMILES string of the molecule is COc1ccccc1-c1nn(C)c2ccccc12. The van der Waals surface area contributed by atoms with Crippen LogP contribution in [0.3, 0.4) is 0 Å². The van der Waals surface area contributed by atoms with Gasteiger partial charge in [-0.1, -0.05) is 30.3 Å². The number of aromatic nitrogens is 2. The maximum absolute atomic E-state index is 5.41. The van der Waals surface area contributed by atoms with Crippen LogP contribution in [0.2, 0.25) is 0 Å². The Hall–Kier alpha value is -2.29. The molecule has 0 fully saturated rings. The van der Waals surface area contributed by atoms with Crippen molar-refractivity contribution in [3.05, 3.63) is 48.5 Å². The van der Waals surface area contributed by atoms with E-state index >= 15 is 0 Å². The van der Waals surface area contributed by atoms with Crippen LogP contribution in [0, 0.1) is 0 Å². The summed E-state index contributed by atoms with van der Waals surface area (Å²) in [7, 11) is 3.64. The van der Waals surface area contributed by atoms with Crippen LogP contribution >= 0.6 is 0 Å². The Bertz CT molecular complexity index is 701. The fourth-order valence-electron chi connectivity index (χ4n) is 2.25. The Labute approximate surface area is 106 Å². The molecule has 90 valence electrons. The molecule has 3 heteroatoms. The number of para-hydroxylation sites is 2. The van der Waals surface area contributed by atoms with Crippen molar-refractivity contribution in [2.75, 3.05) is 7.11 Å². The molecule has 1 aromatic heterocycles. The van der Waals surface area contributed by atoms with E-state index in [0.717, 1.165) is 27.9 Å². The lowest BCUT2D eigenvalue weighted by Crippen LogP contribution is -1.91. The van der Waals surface area contributed by atoms with E-state index in [1.54, 1.807) is 7.11 Å². The van der Waals surface area contributed by atoms with Crippen LogP contribution in [0.5, 0.6) is 5.75 Å². The van der Waals surface area contributed by atoms with Crippen molar-refractivity contribution in [1.29, 1.82) is 0 Å². The van der Waals surface area contributed by atoms with Crippen LogP contribution in [-0.4, -0.2) is 16.9 Å². The molecule has 3 rings (SSSR count). The highest BCUT2D eigenvalue weighted by Crippen LogP contribution is 2.33. The third-order valence-corrected chi connectivity index (χ3v) is 3.12. The quantitative estimate of drug-likeness (QED) is 0.685. The van der Waals surface area contributed by atoms with Gasteiger partial charge in [-0.3, -0.25) is 4.68 Å². The van der Waals surface area contributed by atoms with Gasteiger partial charge in [0, 0.05) is 18.0 Å². The van der Waals surface area contributed by atoms with Gasteiger partial charge in [-0.25, -0.2) is 0 Å². The summed E-state index contributed by atoms with van der Waals surface area (Å²) in [6.45, 7) is 0. The Morgan fingerprint density at radius 3 is 2.56 bits per heavy atom. The summed E-state index contributed by atoms with van der Waals surface area (Å²) < 4.78 is 7.31. The van der Waals surface area contributed by atoms with Crippen LogP contribution in [0.25, 0.3) is 22.2 Å². The number of hydrogen-bond donors (Lipinski definition) is 0. The number of ether oxygens (including phenoxy) is 1. The third kappa shape index (κ3) is 1.56. The maximum atomic E-state index is 5.41. The van der Waals surface area contributed by atoms with E-state index in [4.69, 9.17) is 4.74 Å². The summed E-state index contributed by atoms with van der Waals surface area (Å²) >= 11 is 0. The standard InChI is InChI=1S/C15H14N2O/c1-17-13-9-5-3-7-11(13)15(16-17)12-8-4-6-10-14(12)18-2/h3-10H,1-2H3. The number of aryl methyl sites for hydroxylation is 1. The van der Waals surface area contributed by atoms with E-state index in [9.17, 15) is 0 Å². The molecule has 0 amide bonds. The zero-order valence-corrected chi connectivity index (χ0v) is 10.4. The van der Waals surface area contributed by atoms with Gasteiger partial charge in [0.2, 0.25) is 0 Å². The molecule has 0 radical (unpaired) electrons. The van der Waals surface area contributed by atoms with Gasteiger partial charge in [-0.05, 0) is 18.2 Å². The molecule has 0 saturated carbocycles. The van der Waals surface area contributed by atoms with Gasteiger partial charge in [0.15, 0.2) is 0 Å². The molecule has 0 aliphatic heterocycles. The van der Waals surface area contributed by atoms with Gasteiger partial charge < -0.3 is 4.74 Å². The predicted octanol–water partition coefficient (Wildman–Crippen LogP) is 3.25. The minimum atomic E-state index is 0.848. The molecule has 0 spiro atoms. The predicted molar refractivity (Wildman–Crippen MR) is 72.7 cm³/mol. The molecule has 0 aliphatic rings. The fourth-order valence-corrected chi connectivity index (χ4v) is 2.25. The van der Waals surface area contributed by atoms with E-state index in [1.165, 1.54) is 0 Å². The number of methoxy groups -OCH3 is 1. The van der Waals surface area contributed by atoms with Crippen molar-refractivity contribution in [2.45, 2.75) is 0 Å². The first kappa shape index (κ1) is 10.8. The first-order valence-electron chi connectivity index (χ1n) is 5.86. The molecule has 2 aromatic carbocycles. The summed E-state index contributed by atoms with van der Waals surface area (Å²) in [6, 6.07) is 16.2. The lowest BCUT2D eigenvalue weighted by Gasteiger charge is -2.05. The fraction of sp³-hybridized carbons (Fsp3) is 0.133. The summed E-state index contributed by atoms with van der Waals surface area (Å²) in [5, 5.41) is 5.75. The highest BCUT2D eigenvalue weighted by Gasteiger charge is 2.13. The second-order valence-electron chi connectivity index (χ2n) is 4.19. The normalized spacial score (nSPS) is 10.8. The summed E-state index contributed by atoms with van der Waals surface area (Å²) in [4.78, 5) is 0. The van der Waals surface area contributed by atoms with E-state index in [-0.39, 0.29) is 0 Å². The van der Waals surface area contributed by atoms with Crippen LogP contribution < -0.4 is 4.74 Å². The molecule has 0 N–H and O–H groups in total. The lowest BCUT2D eigenvalue weighted by molar-refractivity contribution is 0.416. The molecule has 0 bridgehead atoms. The molecule has 18 heavy (non-hydrogen) atoms. The number of fused-ring (bicyclic) bond motifs is 1. The van der Waals surface area contributed by atoms with Crippen molar-refractivity contribution < 1.29 is 4.74 Å². The van der Waals surface area contributed by atoms with E-state index in [0.29, 0.717) is 0 Å². The van der Waals surface area contributed by atoms with Gasteiger partial charge in [-0.2, -0.15) is 5.10 Å². The zero-order valence-electron chi connectivity index (χ0n) is 10.4. The van der Waals surface area contributed by atoms with Gasteiger partial charge in [-0.15, -0.1) is 0 Å². The summed E-state index contributed by atoms with van der Waals surface area (Å²) in [5.74, 6) is 0.848. The Balaban J connectivity index is 2.32. The van der Waals surface area contributed by atoms with Crippen LogP contribution in [0.4, 0.5) is 0 Å². The second kappa shape index (κ2) is 4.18. The number of hydrogen-bond acceptors (Lipinski definition) is 2. The molecular weight excluding hydrogens is 224 g/mol. The highest BCUT2D eigenvalue weighted by molar-refractivity contribution is 5.94. The Morgan fingerprint density at radius 2 is 1.72 bits per heavy atom. The lowest BCUT2D eigenvalue weighted by atomic mass is 10.1. The van der Waals surface area contributed by atoms with Gasteiger partial charge in [0.05, 0.1) is 12.6 Å². The van der Waals surface area contributed by atoms with Crippen molar-refractivity contribution in [1.82, 2.24) is 9.78 Å². The molecular formula is C15H14N2O. The first-order chi connectivity index (χ1) is 8.81. The minimum Gasteiger partial charge on any atom is -0.496 e. The van der Waals surface area contributed by atoms with Crippen molar-refractivity contribution in [3.8, 4) is 17.0 Å². The van der Waals surface area contributed by atoms with Gasteiger partial charge in [0.1, 0.15) is 11.4 Å². The number of rotatable bonds is 2. The van der Waals surface area contributed by atoms with Crippen molar-refractivity contribution >= 4 is 10.9 Å². The monoisotopic (exact) mass is 238 g/mol. The molecule has 0 saturated heterocycles. The van der Waals surface area contributed by atoms with Crippen LogP contribution in [0.1, 0.15) is 0 Å². The largest absolute Gasteiger partial charge is 0.496 e. The van der Waals surface area contributed by atoms with Crippen LogP contribution in [0.15, 0.2) is 48.5 Å². The minimum absolute atomic E-state index is 0.848. The second-order valence-corrected chi connectivity index (χ2v) is 4.19. The third-order valence-electron chi connectivity index (χ3n) is 3.12. The maximum Gasteiger partial charge on any atom is 0.128 e. The molecule has 0 unspecified atom stereocenters. The average molecular weight is 238 g/mol. The van der Waals surface area contributed by atoms with Gasteiger partial charge in [0.25, 0.3) is 0 Å². The van der Waals surface area contributed by atoms with Crippen molar-refractivity contribution in [3.63, 3.8) is 0 Å². The molecule has 0 atom stereocenters. The molecule has 3 nitrogen and oxygen atoms in total. The topological polar surface area (TPSA) is 27.1 Å². The van der Waals surface area contributed by atoms with Crippen molar-refractivity contribution in [2.24, 2.45) is 7.05 Å². The summed E-state index contributed by atoms with van der Waals surface area (Å²) in [5.41, 5.74) is 3.11. The molecule has 3 aromatic rings. The first-order valence-corrected chi connectivity index (χ1v) is 5.86.